The van der Waals surface area contributed by atoms with Gasteiger partial charge in [-0.05, 0) is 24.1 Å². The summed E-state index contributed by atoms with van der Waals surface area (Å²) in [4.78, 5) is 19.9. The molecule has 0 aliphatic rings. The lowest BCUT2D eigenvalue weighted by atomic mass is 10.1. The maximum Gasteiger partial charge on any atom is 0.224 e. The lowest BCUT2D eigenvalue weighted by Crippen LogP contribution is -2.26. The van der Waals surface area contributed by atoms with Crippen LogP contribution < -0.4 is 5.32 Å². The molecule has 0 saturated heterocycles. The summed E-state index contributed by atoms with van der Waals surface area (Å²) < 4.78 is 4.97. The number of nitrogens with one attached hydrogen (secondary N) is 2. The number of imidazole rings is 1. The average molecular weight is 323 g/mol. The molecule has 0 aliphatic carbocycles. The van der Waals surface area contributed by atoms with E-state index in [-0.39, 0.29) is 5.91 Å². The number of aromatic nitrogens is 2. The van der Waals surface area contributed by atoms with Crippen molar-refractivity contribution in [1.82, 2.24) is 15.3 Å². The number of ether oxygens (including phenoxy) is 1. The van der Waals surface area contributed by atoms with Gasteiger partial charge in [-0.2, -0.15) is 0 Å². The molecule has 0 spiro atoms. The second-order valence-electron chi connectivity index (χ2n) is 5.68. The first kappa shape index (κ1) is 16.2. The minimum Gasteiger partial charge on any atom is -0.385 e. The molecule has 1 heterocycles. The third-order valence-electron chi connectivity index (χ3n) is 3.81. The predicted octanol–water partition coefficient (Wildman–Crippen LogP) is 2.93. The van der Waals surface area contributed by atoms with Crippen LogP contribution in [0.1, 0.15) is 12.0 Å². The normalized spacial score (nSPS) is 10.9. The summed E-state index contributed by atoms with van der Waals surface area (Å²) in [5, 5.41) is 2.90. The molecule has 0 radical (unpaired) electrons. The summed E-state index contributed by atoms with van der Waals surface area (Å²) >= 11 is 0. The van der Waals surface area contributed by atoms with E-state index >= 15 is 0 Å². The highest BCUT2D eigenvalue weighted by molar-refractivity contribution is 5.83. The molecular formula is C19H21N3O2. The molecule has 0 bridgehead atoms. The Hall–Kier alpha value is -2.66. The van der Waals surface area contributed by atoms with Crippen molar-refractivity contribution in [3.63, 3.8) is 0 Å². The fourth-order valence-electron chi connectivity index (χ4n) is 2.59. The van der Waals surface area contributed by atoms with Crippen LogP contribution in [0.15, 0.2) is 48.5 Å². The van der Waals surface area contributed by atoms with Crippen molar-refractivity contribution < 1.29 is 9.53 Å². The van der Waals surface area contributed by atoms with Crippen LogP contribution in [0.25, 0.3) is 22.4 Å². The molecule has 0 fully saturated rings. The summed E-state index contributed by atoms with van der Waals surface area (Å²) in [5.74, 6) is 0.861. The second-order valence-corrected chi connectivity index (χ2v) is 5.68. The summed E-state index contributed by atoms with van der Waals surface area (Å²) in [6.45, 7) is 1.29. The Bertz CT molecular complexity index is 812. The monoisotopic (exact) mass is 323 g/mol. The lowest BCUT2D eigenvalue weighted by Gasteiger charge is -2.05. The molecule has 1 amide bonds. The number of benzene rings is 2. The number of H-pyrrole nitrogens is 1. The van der Waals surface area contributed by atoms with Gasteiger partial charge < -0.3 is 15.0 Å². The molecule has 0 saturated carbocycles. The SMILES string of the molecule is COCCCNC(=O)Cc1ccc2nc(-c3ccccc3)[nH]c2c1. The first-order valence-electron chi connectivity index (χ1n) is 8.06. The third-order valence-corrected chi connectivity index (χ3v) is 3.81. The van der Waals surface area contributed by atoms with Gasteiger partial charge in [0, 0.05) is 25.8 Å². The Morgan fingerprint density at radius 3 is 2.83 bits per heavy atom. The highest BCUT2D eigenvalue weighted by Gasteiger charge is 2.08. The van der Waals surface area contributed by atoms with Crippen molar-refractivity contribution in [3.05, 3.63) is 54.1 Å². The summed E-state index contributed by atoms with van der Waals surface area (Å²) in [5.41, 5.74) is 3.86. The number of hydrogen-bond donors (Lipinski definition) is 2. The standard InChI is InChI=1S/C19H21N3O2/c1-24-11-5-10-20-18(23)13-14-8-9-16-17(12-14)22-19(21-16)15-6-3-2-4-7-15/h2-4,6-9,12H,5,10-11,13H2,1H3,(H,20,23)(H,21,22). The zero-order valence-electron chi connectivity index (χ0n) is 13.7. The fourth-order valence-corrected chi connectivity index (χ4v) is 2.59. The van der Waals surface area contributed by atoms with Crippen LogP contribution in [0.2, 0.25) is 0 Å². The van der Waals surface area contributed by atoms with Gasteiger partial charge in [0.05, 0.1) is 17.5 Å². The molecule has 1 aromatic heterocycles. The van der Waals surface area contributed by atoms with Gasteiger partial charge in [-0.25, -0.2) is 4.98 Å². The number of hydrogen-bond acceptors (Lipinski definition) is 3. The lowest BCUT2D eigenvalue weighted by molar-refractivity contribution is -0.120. The Morgan fingerprint density at radius 1 is 1.21 bits per heavy atom. The Morgan fingerprint density at radius 2 is 2.04 bits per heavy atom. The molecule has 5 nitrogen and oxygen atoms in total. The first-order chi connectivity index (χ1) is 11.8. The Labute approximate surface area is 141 Å². The predicted molar refractivity (Wildman–Crippen MR) is 94.7 cm³/mol. The van der Waals surface area contributed by atoms with Crippen molar-refractivity contribution >= 4 is 16.9 Å². The molecule has 24 heavy (non-hydrogen) atoms. The molecule has 0 aliphatic heterocycles. The summed E-state index contributed by atoms with van der Waals surface area (Å²) in [6.07, 6.45) is 1.19. The van der Waals surface area contributed by atoms with Crippen molar-refractivity contribution in [3.8, 4) is 11.4 Å². The van der Waals surface area contributed by atoms with Crippen molar-refractivity contribution in [2.45, 2.75) is 12.8 Å². The molecular weight excluding hydrogens is 302 g/mol. The zero-order valence-corrected chi connectivity index (χ0v) is 13.7. The molecule has 3 aromatic rings. The van der Waals surface area contributed by atoms with E-state index in [0.29, 0.717) is 19.6 Å². The van der Waals surface area contributed by atoms with Crippen molar-refractivity contribution in [1.29, 1.82) is 0 Å². The van der Waals surface area contributed by atoms with E-state index in [4.69, 9.17) is 4.74 Å². The van der Waals surface area contributed by atoms with Crippen LogP contribution in [0.3, 0.4) is 0 Å². The van der Waals surface area contributed by atoms with Gasteiger partial charge in [0.1, 0.15) is 5.82 Å². The van der Waals surface area contributed by atoms with E-state index in [1.165, 1.54) is 0 Å². The van der Waals surface area contributed by atoms with Crippen molar-refractivity contribution in [2.75, 3.05) is 20.3 Å². The molecule has 5 heteroatoms. The van der Waals surface area contributed by atoms with Gasteiger partial charge in [-0.3, -0.25) is 4.79 Å². The van der Waals surface area contributed by atoms with Crippen LogP contribution in [0, 0.1) is 0 Å². The number of rotatable bonds is 7. The topological polar surface area (TPSA) is 67.0 Å². The number of fused-ring (bicyclic) bond motifs is 1. The first-order valence-corrected chi connectivity index (χ1v) is 8.06. The molecule has 3 rings (SSSR count). The van der Waals surface area contributed by atoms with E-state index in [9.17, 15) is 4.79 Å². The highest BCUT2D eigenvalue weighted by Crippen LogP contribution is 2.21. The summed E-state index contributed by atoms with van der Waals surface area (Å²) in [6, 6.07) is 15.9. The van der Waals surface area contributed by atoms with Crippen LogP contribution in [0.4, 0.5) is 0 Å². The number of carbonyl (C=O) groups is 1. The number of amides is 1. The van der Waals surface area contributed by atoms with Gasteiger partial charge >= 0.3 is 0 Å². The molecule has 2 aromatic carbocycles. The number of aromatic amines is 1. The maximum atomic E-state index is 12.0. The third kappa shape index (κ3) is 4.00. The minimum absolute atomic E-state index is 0.0215. The molecule has 2 N–H and O–H groups in total. The van der Waals surface area contributed by atoms with Crippen LogP contribution in [-0.4, -0.2) is 36.1 Å². The summed E-state index contributed by atoms with van der Waals surface area (Å²) in [7, 11) is 1.66. The van der Waals surface area contributed by atoms with E-state index in [2.05, 4.69) is 15.3 Å². The quantitative estimate of drug-likeness (QED) is 0.657. The molecule has 124 valence electrons. The zero-order chi connectivity index (χ0) is 16.8. The second kappa shape index (κ2) is 7.75. The fraction of sp³-hybridized carbons (Fsp3) is 0.263. The van der Waals surface area contributed by atoms with Crippen LogP contribution in [-0.2, 0) is 16.0 Å². The maximum absolute atomic E-state index is 12.0. The Kier molecular flexibility index (Phi) is 5.23. The minimum atomic E-state index is 0.0215. The largest absolute Gasteiger partial charge is 0.385 e. The average Bonchev–Trinajstić information content (AvgIpc) is 3.03. The number of carbonyl (C=O) groups excluding carboxylic acids is 1. The van der Waals surface area contributed by atoms with E-state index in [1.54, 1.807) is 7.11 Å². The number of methoxy groups -OCH3 is 1. The number of nitrogens with zero attached hydrogens (tertiary/aromatic N) is 1. The van der Waals surface area contributed by atoms with Gasteiger partial charge in [-0.1, -0.05) is 36.4 Å². The smallest absolute Gasteiger partial charge is 0.224 e. The van der Waals surface area contributed by atoms with Gasteiger partial charge in [0.2, 0.25) is 5.91 Å². The Balaban J connectivity index is 1.69. The van der Waals surface area contributed by atoms with Gasteiger partial charge in [-0.15, -0.1) is 0 Å². The van der Waals surface area contributed by atoms with Crippen LogP contribution >= 0.6 is 0 Å². The molecule has 0 unspecified atom stereocenters. The van der Waals surface area contributed by atoms with E-state index in [0.717, 1.165) is 34.4 Å². The van der Waals surface area contributed by atoms with E-state index in [1.807, 2.05) is 48.5 Å². The van der Waals surface area contributed by atoms with Gasteiger partial charge in [0.25, 0.3) is 0 Å². The molecule has 0 atom stereocenters. The van der Waals surface area contributed by atoms with Crippen LogP contribution in [0.5, 0.6) is 0 Å². The van der Waals surface area contributed by atoms with E-state index < -0.39 is 0 Å². The van der Waals surface area contributed by atoms with Gasteiger partial charge in [0.15, 0.2) is 0 Å². The van der Waals surface area contributed by atoms with Crippen molar-refractivity contribution in [2.24, 2.45) is 0 Å². The highest BCUT2D eigenvalue weighted by atomic mass is 16.5.